The van der Waals surface area contributed by atoms with Gasteiger partial charge in [-0.05, 0) is 36.3 Å². The molecular formula is C15H20N2O2S2. The lowest BCUT2D eigenvalue weighted by atomic mass is 10.1. The van der Waals surface area contributed by atoms with E-state index in [0.29, 0.717) is 11.7 Å². The number of rotatable bonds is 3. The molecule has 114 valence electrons. The van der Waals surface area contributed by atoms with E-state index in [0.717, 1.165) is 24.4 Å². The van der Waals surface area contributed by atoms with E-state index < -0.39 is 0 Å². The minimum absolute atomic E-state index is 0.162. The zero-order chi connectivity index (χ0) is 15.2. The molecule has 1 aromatic rings. The van der Waals surface area contributed by atoms with Gasteiger partial charge in [0.1, 0.15) is 5.25 Å². The van der Waals surface area contributed by atoms with Gasteiger partial charge in [-0.25, -0.2) is 0 Å². The number of ether oxygens (including phenoxy) is 1. The average molecular weight is 324 g/mol. The maximum Gasteiger partial charge on any atom is 0.320 e. The molecule has 0 aliphatic carbocycles. The zero-order valence-electron chi connectivity index (χ0n) is 12.3. The molecule has 1 N–H and O–H groups in total. The lowest BCUT2D eigenvalue weighted by molar-refractivity contribution is -0.140. The van der Waals surface area contributed by atoms with E-state index in [1.165, 1.54) is 12.7 Å². The summed E-state index contributed by atoms with van der Waals surface area (Å²) >= 11 is 7.09. The Balaban J connectivity index is 1.97. The van der Waals surface area contributed by atoms with Crippen molar-refractivity contribution >= 4 is 40.7 Å². The first-order valence-corrected chi connectivity index (χ1v) is 8.44. The van der Waals surface area contributed by atoms with E-state index in [1.54, 1.807) is 11.8 Å². The summed E-state index contributed by atoms with van der Waals surface area (Å²) in [5, 5.41) is 3.76. The molecule has 1 aliphatic heterocycles. The molecule has 0 aromatic heterocycles. The van der Waals surface area contributed by atoms with Gasteiger partial charge >= 0.3 is 5.97 Å². The normalized spacial score (nSPS) is 18.2. The number of benzene rings is 1. The molecule has 1 fully saturated rings. The number of carbonyl (C=O) groups is 1. The summed E-state index contributed by atoms with van der Waals surface area (Å²) in [5.74, 6) is 0.692. The van der Waals surface area contributed by atoms with Crippen molar-refractivity contribution in [3.8, 4) is 0 Å². The van der Waals surface area contributed by atoms with E-state index in [-0.39, 0.29) is 11.2 Å². The van der Waals surface area contributed by atoms with E-state index in [1.807, 2.05) is 17.0 Å². The van der Waals surface area contributed by atoms with Crippen LogP contribution in [0.1, 0.15) is 12.5 Å². The molecule has 21 heavy (non-hydrogen) atoms. The van der Waals surface area contributed by atoms with Crippen LogP contribution in [0.2, 0.25) is 0 Å². The van der Waals surface area contributed by atoms with Crippen LogP contribution in [0, 0.1) is 0 Å². The van der Waals surface area contributed by atoms with Gasteiger partial charge in [0.05, 0.1) is 7.11 Å². The number of nitrogens with one attached hydrogen (secondary N) is 1. The largest absolute Gasteiger partial charge is 0.468 e. The number of methoxy groups -OCH3 is 1. The van der Waals surface area contributed by atoms with Crippen LogP contribution in [-0.2, 0) is 16.0 Å². The summed E-state index contributed by atoms with van der Waals surface area (Å²) < 4.78 is 4.82. The van der Waals surface area contributed by atoms with Gasteiger partial charge in [0.2, 0.25) is 0 Å². The van der Waals surface area contributed by atoms with Crippen molar-refractivity contribution in [3.05, 3.63) is 29.8 Å². The Labute approximate surface area is 135 Å². The monoisotopic (exact) mass is 324 g/mol. The summed E-state index contributed by atoms with van der Waals surface area (Å²) in [4.78, 5) is 13.7. The number of thiocarbonyl (C=S) groups is 1. The Morgan fingerprint density at radius 1 is 1.57 bits per heavy atom. The maximum atomic E-state index is 11.6. The van der Waals surface area contributed by atoms with E-state index in [9.17, 15) is 4.79 Å². The van der Waals surface area contributed by atoms with Crippen LogP contribution in [0.15, 0.2) is 24.3 Å². The van der Waals surface area contributed by atoms with Crippen LogP contribution >= 0.6 is 24.0 Å². The second kappa shape index (κ2) is 7.66. The molecule has 0 radical (unpaired) electrons. The predicted molar refractivity (Wildman–Crippen MR) is 91.9 cm³/mol. The number of hydrogen-bond acceptors (Lipinski definition) is 4. The summed E-state index contributed by atoms with van der Waals surface area (Å²) in [6.07, 6.45) is 0.993. The van der Waals surface area contributed by atoms with Crippen LogP contribution < -0.4 is 5.32 Å². The number of carbonyl (C=O) groups excluding carboxylic acids is 1. The highest BCUT2D eigenvalue weighted by molar-refractivity contribution is 8.00. The standard InChI is InChI=1S/C15H20N2O2S2/c1-3-11-5-4-6-12(9-11)16-15(20)17-7-8-21-13(10-17)14(18)19-2/h4-6,9,13H,3,7-8,10H2,1-2H3,(H,16,20)/t13-/m0/s1. The molecule has 0 spiro atoms. The summed E-state index contributed by atoms with van der Waals surface area (Å²) in [7, 11) is 1.43. The Hall–Kier alpha value is -1.27. The lowest BCUT2D eigenvalue weighted by Gasteiger charge is -2.33. The molecule has 1 saturated heterocycles. The van der Waals surface area contributed by atoms with Gasteiger partial charge < -0.3 is 15.0 Å². The molecule has 1 atom stereocenters. The van der Waals surface area contributed by atoms with Crippen molar-refractivity contribution in [2.45, 2.75) is 18.6 Å². The quantitative estimate of drug-likeness (QED) is 0.681. The van der Waals surface area contributed by atoms with Gasteiger partial charge in [-0.15, -0.1) is 11.8 Å². The highest BCUT2D eigenvalue weighted by Crippen LogP contribution is 2.21. The highest BCUT2D eigenvalue weighted by atomic mass is 32.2. The van der Waals surface area contributed by atoms with Gasteiger partial charge in [0.15, 0.2) is 5.11 Å². The fourth-order valence-corrected chi connectivity index (χ4v) is 3.59. The highest BCUT2D eigenvalue weighted by Gasteiger charge is 2.28. The number of anilines is 1. The third-order valence-electron chi connectivity index (χ3n) is 3.40. The first kappa shape index (κ1) is 16.1. The van der Waals surface area contributed by atoms with E-state index >= 15 is 0 Å². The second-order valence-corrected chi connectivity index (χ2v) is 6.51. The zero-order valence-corrected chi connectivity index (χ0v) is 13.9. The lowest BCUT2D eigenvalue weighted by Crippen LogP contribution is -2.46. The van der Waals surface area contributed by atoms with E-state index in [4.69, 9.17) is 17.0 Å². The minimum atomic E-state index is -0.180. The third-order valence-corrected chi connectivity index (χ3v) is 4.93. The second-order valence-electron chi connectivity index (χ2n) is 4.81. The van der Waals surface area contributed by atoms with Gasteiger partial charge in [0, 0.05) is 24.5 Å². The fraction of sp³-hybridized carbons (Fsp3) is 0.467. The average Bonchev–Trinajstić information content (AvgIpc) is 2.54. The molecule has 0 bridgehead atoms. The SMILES string of the molecule is CCc1cccc(NC(=S)N2CCS[C@H](C(=O)OC)C2)c1. The van der Waals surface area contributed by atoms with Crippen molar-refractivity contribution in [1.82, 2.24) is 4.90 Å². The van der Waals surface area contributed by atoms with Gasteiger partial charge in [-0.3, -0.25) is 4.79 Å². The Morgan fingerprint density at radius 3 is 3.10 bits per heavy atom. The summed E-state index contributed by atoms with van der Waals surface area (Å²) in [6.45, 7) is 3.56. The van der Waals surface area contributed by atoms with Crippen molar-refractivity contribution in [1.29, 1.82) is 0 Å². The number of aryl methyl sites for hydroxylation is 1. The number of thioether (sulfide) groups is 1. The Kier molecular flexibility index (Phi) is 5.87. The van der Waals surface area contributed by atoms with Crippen molar-refractivity contribution < 1.29 is 9.53 Å². The molecule has 6 heteroatoms. The van der Waals surface area contributed by atoms with Crippen LogP contribution in [0.5, 0.6) is 0 Å². The molecular weight excluding hydrogens is 304 g/mol. The third kappa shape index (κ3) is 4.35. The smallest absolute Gasteiger partial charge is 0.320 e. The van der Waals surface area contributed by atoms with Crippen molar-refractivity contribution in [3.63, 3.8) is 0 Å². The van der Waals surface area contributed by atoms with Crippen LogP contribution in [0.4, 0.5) is 5.69 Å². The molecule has 0 amide bonds. The van der Waals surface area contributed by atoms with Crippen LogP contribution in [-0.4, -0.2) is 47.2 Å². The van der Waals surface area contributed by atoms with Gasteiger partial charge in [-0.2, -0.15) is 0 Å². The predicted octanol–water partition coefficient (Wildman–Crippen LogP) is 2.54. The summed E-state index contributed by atoms with van der Waals surface area (Å²) in [6, 6.07) is 8.22. The number of esters is 1. The molecule has 1 heterocycles. The van der Waals surface area contributed by atoms with Crippen molar-refractivity contribution in [2.24, 2.45) is 0 Å². The summed E-state index contributed by atoms with van der Waals surface area (Å²) in [5.41, 5.74) is 2.26. The topological polar surface area (TPSA) is 41.6 Å². The van der Waals surface area contributed by atoms with Crippen LogP contribution in [0.25, 0.3) is 0 Å². The van der Waals surface area contributed by atoms with Crippen LogP contribution in [0.3, 0.4) is 0 Å². The van der Waals surface area contributed by atoms with E-state index in [2.05, 4.69) is 24.4 Å². The molecule has 0 unspecified atom stereocenters. The minimum Gasteiger partial charge on any atom is -0.468 e. The van der Waals surface area contributed by atoms with Crippen molar-refractivity contribution in [2.75, 3.05) is 31.3 Å². The molecule has 4 nitrogen and oxygen atoms in total. The number of hydrogen-bond donors (Lipinski definition) is 1. The Morgan fingerprint density at radius 2 is 2.38 bits per heavy atom. The first-order chi connectivity index (χ1) is 10.1. The first-order valence-electron chi connectivity index (χ1n) is 6.98. The number of nitrogens with zero attached hydrogens (tertiary/aromatic N) is 1. The molecule has 0 saturated carbocycles. The fourth-order valence-electron chi connectivity index (χ4n) is 2.18. The molecule has 1 aliphatic rings. The molecule has 2 rings (SSSR count). The van der Waals surface area contributed by atoms with Gasteiger partial charge in [0.25, 0.3) is 0 Å². The molecule has 1 aromatic carbocycles. The maximum absolute atomic E-state index is 11.6. The Bertz CT molecular complexity index is 522. The van der Waals surface area contributed by atoms with Gasteiger partial charge in [-0.1, -0.05) is 19.1 Å².